The van der Waals surface area contributed by atoms with Crippen molar-refractivity contribution in [3.05, 3.63) is 34.4 Å². The first-order valence-corrected chi connectivity index (χ1v) is 9.91. The van der Waals surface area contributed by atoms with Gasteiger partial charge in [-0.1, -0.05) is 0 Å². The summed E-state index contributed by atoms with van der Waals surface area (Å²) in [5, 5.41) is 19.5. The van der Waals surface area contributed by atoms with Crippen molar-refractivity contribution in [1.29, 1.82) is 0 Å². The van der Waals surface area contributed by atoms with Crippen LogP contribution in [0.3, 0.4) is 0 Å². The van der Waals surface area contributed by atoms with Crippen LogP contribution in [0, 0.1) is 0 Å². The van der Waals surface area contributed by atoms with Crippen LogP contribution in [0.2, 0.25) is 0 Å². The zero-order valence-corrected chi connectivity index (χ0v) is 15.0. The van der Waals surface area contributed by atoms with Crippen LogP contribution in [-0.4, -0.2) is 47.7 Å². The molecule has 8 N–H and O–H groups in total. The molecular formula is C14H10N2O10S2. The third-order valence-electron chi connectivity index (χ3n) is 4.09. The molecule has 0 atom stereocenters. The summed E-state index contributed by atoms with van der Waals surface area (Å²) in [6, 6.07) is 1.68. The number of phenols is 2. The van der Waals surface area contributed by atoms with Crippen molar-refractivity contribution in [2.24, 2.45) is 0 Å². The molecule has 3 rings (SSSR count). The van der Waals surface area contributed by atoms with E-state index in [0.717, 1.165) is 12.1 Å². The topological polar surface area (TPSA) is 235 Å². The molecule has 1 aliphatic carbocycles. The molecule has 0 fully saturated rings. The Morgan fingerprint density at radius 1 is 0.714 bits per heavy atom. The van der Waals surface area contributed by atoms with Gasteiger partial charge < -0.3 is 21.7 Å². The van der Waals surface area contributed by atoms with E-state index in [4.69, 9.17) is 11.5 Å². The highest BCUT2D eigenvalue weighted by atomic mass is 32.2. The average molecular weight is 430 g/mol. The lowest BCUT2D eigenvalue weighted by Crippen LogP contribution is -2.28. The van der Waals surface area contributed by atoms with Crippen molar-refractivity contribution in [1.82, 2.24) is 0 Å². The number of rotatable bonds is 2. The van der Waals surface area contributed by atoms with Crippen LogP contribution in [0.15, 0.2) is 21.9 Å². The predicted octanol–water partition coefficient (Wildman–Crippen LogP) is -0.469. The minimum Gasteiger partial charge on any atom is -0.504 e. The highest BCUT2D eigenvalue weighted by Crippen LogP contribution is 2.45. The minimum absolute atomic E-state index is 0.608. The molecule has 0 amide bonds. The second-order valence-corrected chi connectivity index (χ2v) is 8.42. The molecular weight excluding hydrogens is 420 g/mol. The predicted molar refractivity (Wildman–Crippen MR) is 91.5 cm³/mol. The van der Waals surface area contributed by atoms with Crippen LogP contribution in [0.4, 0.5) is 11.4 Å². The number of benzene rings is 2. The molecule has 0 unspecified atom stereocenters. The van der Waals surface area contributed by atoms with Crippen molar-refractivity contribution in [2.75, 3.05) is 11.5 Å². The largest absolute Gasteiger partial charge is 0.504 e. The van der Waals surface area contributed by atoms with Crippen molar-refractivity contribution in [3.63, 3.8) is 0 Å². The van der Waals surface area contributed by atoms with E-state index >= 15 is 0 Å². The van der Waals surface area contributed by atoms with Gasteiger partial charge in [-0.2, -0.15) is 16.8 Å². The monoisotopic (exact) mass is 430 g/mol. The first-order chi connectivity index (χ1) is 12.7. The zero-order valence-electron chi connectivity index (χ0n) is 13.4. The van der Waals surface area contributed by atoms with Crippen molar-refractivity contribution in [3.8, 4) is 11.5 Å². The minimum atomic E-state index is -5.53. The third-order valence-corrected chi connectivity index (χ3v) is 6.08. The van der Waals surface area contributed by atoms with Gasteiger partial charge in [0.15, 0.2) is 17.3 Å². The van der Waals surface area contributed by atoms with Gasteiger partial charge in [-0.25, -0.2) is 0 Å². The van der Waals surface area contributed by atoms with Crippen LogP contribution in [0.5, 0.6) is 11.5 Å². The Bertz CT molecular complexity index is 1330. The van der Waals surface area contributed by atoms with E-state index < -0.39 is 86.7 Å². The lowest BCUT2D eigenvalue weighted by atomic mass is 9.82. The maximum Gasteiger partial charge on any atom is 0.298 e. The fraction of sp³-hybridized carbons (Fsp3) is 0. The van der Waals surface area contributed by atoms with Crippen LogP contribution in [-0.2, 0) is 20.2 Å². The lowest BCUT2D eigenvalue weighted by Gasteiger charge is -2.24. The molecule has 2 aromatic rings. The number of aromatic hydroxyl groups is 2. The third kappa shape index (κ3) is 2.50. The van der Waals surface area contributed by atoms with Crippen LogP contribution in [0.1, 0.15) is 31.8 Å². The van der Waals surface area contributed by atoms with Gasteiger partial charge in [0.2, 0.25) is 5.78 Å². The van der Waals surface area contributed by atoms with Crippen molar-refractivity contribution in [2.45, 2.75) is 9.79 Å². The van der Waals surface area contributed by atoms with E-state index in [1.54, 1.807) is 0 Å². The van der Waals surface area contributed by atoms with Gasteiger partial charge in [-0.3, -0.25) is 18.7 Å². The molecule has 0 spiro atoms. The number of nitrogen functional groups attached to an aromatic ring is 2. The normalized spacial score (nSPS) is 13.9. The summed E-state index contributed by atoms with van der Waals surface area (Å²) < 4.78 is 65.9. The van der Waals surface area contributed by atoms with E-state index in [1.807, 2.05) is 0 Å². The van der Waals surface area contributed by atoms with E-state index in [1.165, 1.54) is 0 Å². The fourth-order valence-electron chi connectivity index (χ4n) is 2.95. The number of fused-ring (bicyclic) bond motifs is 2. The Balaban J connectivity index is 2.65. The standard InChI is InChI=1S/C14H10N2O10S2/c15-8-6-7(13(27(21,22)23)14(9(8)16)28(24,25)26)10(18)3-1-2-4(17)11(19)5(3)12(6)20/h1-2,17,19H,15-16H2,(H,21,22,23)(H,24,25,26). The molecule has 1 aliphatic rings. The summed E-state index contributed by atoms with van der Waals surface area (Å²) in [7, 11) is -11.0. The smallest absolute Gasteiger partial charge is 0.298 e. The molecule has 14 heteroatoms. The molecule has 0 saturated carbocycles. The van der Waals surface area contributed by atoms with Gasteiger partial charge >= 0.3 is 0 Å². The molecule has 148 valence electrons. The summed E-state index contributed by atoms with van der Waals surface area (Å²) >= 11 is 0. The van der Waals surface area contributed by atoms with Gasteiger partial charge in [-0.15, -0.1) is 0 Å². The number of anilines is 2. The number of hydrogen-bond acceptors (Lipinski definition) is 10. The molecule has 2 aromatic carbocycles. The Morgan fingerprint density at radius 3 is 1.75 bits per heavy atom. The number of hydrogen-bond donors (Lipinski definition) is 6. The Hall–Kier alpha value is -3.20. The van der Waals surface area contributed by atoms with Gasteiger partial charge in [0.25, 0.3) is 20.2 Å². The zero-order chi connectivity index (χ0) is 21.3. The molecule has 0 aliphatic heterocycles. The quantitative estimate of drug-likeness (QED) is 0.172. The fourth-order valence-corrected chi connectivity index (χ4v) is 5.11. The maximum absolute atomic E-state index is 12.8. The average Bonchev–Trinajstić information content (AvgIpc) is 2.54. The Kier molecular flexibility index (Phi) is 3.95. The van der Waals surface area contributed by atoms with Gasteiger partial charge in [-0.05, 0) is 12.1 Å². The van der Waals surface area contributed by atoms with E-state index in [0.29, 0.717) is 0 Å². The first-order valence-electron chi connectivity index (χ1n) is 7.03. The highest BCUT2D eigenvalue weighted by molar-refractivity contribution is 7.89. The molecule has 0 radical (unpaired) electrons. The number of ketones is 2. The molecule has 0 aromatic heterocycles. The molecule has 12 nitrogen and oxygen atoms in total. The second-order valence-electron chi connectivity index (χ2n) is 5.70. The maximum atomic E-state index is 12.8. The van der Waals surface area contributed by atoms with E-state index in [-0.39, 0.29) is 0 Å². The summed E-state index contributed by atoms with van der Waals surface area (Å²) in [4.78, 5) is 22.4. The van der Waals surface area contributed by atoms with Gasteiger partial charge in [0.05, 0.1) is 28.1 Å². The van der Waals surface area contributed by atoms with E-state index in [2.05, 4.69) is 0 Å². The number of phenolic OH excluding ortho intramolecular Hbond substituents is 2. The van der Waals surface area contributed by atoms with Crippen molar-refractivity contribution < 1.29 is 45.7 Å². The number of nitrogens with two attached hydrogens (primary N) is 2. The lowest BCUT2D eigenvalue weighted by molar-refractivity contribution is 0.0974. The summed E-state index contributed by atoms with van der Waals surface area (Å²) in [6.07, 6.45) is 0. The molecule has 0 heterocycles. The molecule has 0 bridgehead atoms. The van der Waals surface area contributed by atoms with Crippen LogP contribution < -0.4 is 11.5 Å². The molecule has 0 saturated heterocycles. The van der Waals surface area contributed by atoms with Gasteiger partial charge in [0.1, 0.15) is 9.79 Å². The Labute approximate surface area is 156 Å². The van der Waals surface area contributed by atoms with Crippen molar-refractivity contribution >= 4 is 43.2 Å². The van der Waals surface area contributed by atoms with E-state index in [9.17, 15) is 45.7 Å². The summed E-state index contributed by atoms with van der Waals surface area (Å²) in [5.41, 5.74) is 5.68. The summed E-state index contributed by atoms with van der Waals surface area (Å²) in [6.45, 7) is 0. The van der Waals surface area contributed by atoms with Crippen LogP contribution >= 0.6 is 0 Å². The first kappa shape index (κ1) is 19.6. The highest BCUT2D eigenvalue weighted by Gasteiger charge is 2.43. The summed E-state index contributed by atoms with van der Waals surface area (Å²) in [5.74, 6) is -4.38. The number of carbonyl (C=O) groups excluding carboxylic acids is 2. The Morgan fingerprint density at radius 2 is 1.25 bits per heavy atom. The molecule has 28 heavy (non-hydrogen) atoms. The number of carbonyl (C=O) groups is 2. The van der Waals surface area contributed by atoms with Crippen LogP contribution in [0.25, 0.3) is 0 Å². The second kappa shape index (κ2) is 5.65. The SMILES string of the molecule is Nc1c(N)c(S(=O)(=O)O)c(S(=O)(=O)O)c2c1C(=O)c1c(ccc(O)c1O)C2=O. The van der Waals surface area contributed by atoms with Gasteiger partial charge in [0, 0.05) is 5.56 Å².